The number of morpholine rings is 1. The van der Waals surface area contributed by atoms with Gasteiger partial charge in [-0.2, -0.15) is 4.98 Å². The minimum absolute atomic E-state index is 0.00379. The summed E-state index contributed by atoms with van der Waals surface area (Å²) in [5.74, 6) is -0.442. The molecule has 24 heavy (non-hydrogen) atoms. The molecule has 2 fully saturated rings. The first-order valence-corrected chi connectivity index (χ1v) is 8.10. The molecule has 0 saturated carbocycles. The summed E-state index contributed by atoms with van der Waals surface area (Å²) in [6.07, 6.45) is 2.06. The maximum absolute atomic E-state index is 12.1. The molecular weight excluding hydrogens is 314 g/mol. The predicted octanol–water partition coefficient (Wildman–Crippen LogP) is 0.0457. The third-order valence-corrected chi connectivity index (χ3v) is 4.11. The Morgan fingerprint density at radius 3 is 2.54 bits per heavy atom. The Kier molecular flexibility index (Phi) is 5.09. The number of carbonyl (C=O) groups excluding carboxylic acids is 1. The van der Waals surface area contributed by atoms with Gasteiger partial charge in [-0.15, -0.1) is 0 Å². The van der Waals surface area contributed by atoms with E-state index in [2.05, 4.69) is 15.3 Å². The van der Waals surface area contributed by atoms with E-state index < -0.39 is 5.97 Å². The molecule has 1 aromatic rings. The highest BCUT2D eigenvalue weighted by atomic mass is 16.5. The SMILES string of the molecule is O=C(O)c1cc(NCC(=O)N2CCCC2)nc(N2CCOCC2)n1. The van der Waals surface area contributed by atoms with Crippen molar-refractivity contribution in [3.63, 3.8) is 0 Å². The van der Waals surface area contributed by atoms with Gasteiger partial charge in [0, 0.05) is 32.2 Å². The van der Waals surface area contributed by atoms with Gasteiger partial charge in [0.2, 0.25) is 11.9 Å². The van der Waals surface area contributed by atoms with Gasteiger partial charge in [-0.3, -0.25) is 4.79 Å². The Hall–Kier alpha value is -2.42. The fourth-order valence-electron chi connectivity index (χ4n) is 2.78. The smallest absolute Gasteiger partial charge is 0.354 e. The Labute approximate surface area is 139 Å². The van der Waals surface area contributed by atoms with Gasteiger partial charge in [0.05, 0.1) is 19.8 Å². The van der Waals surface area contributed by atoms with Crippen LogP contribution in [0.1, 0.15) is 23.3 Å². The number of aromatic carboxylic acids is 1. The summed E-state index contributed by atoms with van der Waals surface area (Å²) in [6.45, 7) is 3.98. The quantitative estimate of drug-likeness (QED) is 0.777. The van der Waals surface area contributed by atoms with E-state index in [1.165, 1.54) is 6.07 Å². The average Bonchev–Trinajstić information content (AvgIpc) is 3.15. The van der Waals surface area contributed by atoms with E-state index in [9.17, 15) is 14.7 Å². The number of carbonyl (C=O) groups is 2. The van der Waals surface area contributed by atoms with Gasteiger partial charge in [0.1, 0.15) is 5.82 Å². The Morgan fingerprint density at radius 2 is 1.88 bits per heavy atom. The van der Waals surface area contributed by atoms with Crippen LogP contribution < -0.4 is 10.2 Å². The van der Waals surface area contributed by atoms with Crippen LogP contribution in [-0.4, -0.2) is 77.8 Å². The Morgan fingerprint density at radius 1 is 1.17 bits per heavy atom. The molecule has 1 aromatic heterocycles. The molecular formula is C15H21N5O4. The van der Waals surface area contributed by atoms with Crippen molar-refractivity contribution in [1.82, 2.24) is 14.9 Å². The standard InChI is InChI=1S/C15H21N5O4/c21-13(19-3-1-2-4-19)10-16-12-9-11(14(22)23)17-15(18-12)20-5-7-24-8-6-20/h9H,1-8,10H2,(H,22,23)(H,16,17,18). The van der Waals surface area contributed by atoms with Gasteiger partial charge in [0.15, 0.2) is 5.69 Å². The number of anilines is 2. The summed E-state index contributed by atoms with van der Waals surface area (Å²) >= 11 is 0. The molecule has 2 aliphatic heterocycles. The fourth-order valence-corrected chi connectivity index (χ4v) is 2.78. The normalized spacial score (nSPS) is 17.8. The zero-order valence-electron chi connectivity index (χ0n) is 13.4. The van der Waals surface area contributed by atoms with Crippen LogP contribution in [0.4, 0.5) is 11.8 Å². The summed E-state index contributed by atoms with van der Waals surface area (Å²) < 4.78 is 5.29. The largest absolute Gasteiger partial charge is 0.477 e. The monoisotopic (exact) mass is 335 g/mol. The third kappa shape index (κ3) is 3.91. The first-order valence-electron chi connectivity index (χ1n) is 8.10. The predicted molar refractivity (Wildman–Crippen MR) is 86.3 cm³/mol. The molecule has 2 saturated heterocycles. The van der Waals surface area contributed by atoms with Crippen molar-refractivity contribution in [2.75, 3.05) is 56.2 Å². The lowest BCUT2D eigenvalue weighted by Gasteiger charge is -2.27. The Balaban J connectivity index is 1.72. The number of amides is 1. The molecule has 0 spiro atoms. The molecule has 0 aliphatic carbocycles. The molecule has 9 heteroatoms. The van der Waals surface area contributed by atoms with E-state index in [0.717, 1.165) is 25.9 Å². The van der Waals surface area contributed by atoms with Crippen LogP contribution in [0, 0.1) is 0 Å². The lowest BCUT2D eigenvalue weighted by atomic mass is 10.3. The van der Waals surface area contributed by atoms with Gasteiger partial charge in [0.25, 0.3) is 0 Å². The minimum Gasteiger partial charge on any atom is -0.477 e. The van der Waals surface area contributed by atoms with Crippen molar-refractivity contribution in [2.24, 2.45) is 0 Å². The zero-order chi connectivity index (χ0) is 16.9. The number of nitrogens with one attached hydrogen (secondary N) is 1. The lowest BCUT2D eigenvalue weighted by molar-refractivity contribution is -0.128. The van der Waals surface area contributed by atoms with E-state index in [-0.39, 0.29) is 18.1 Å². The number of hydrogen-bond acceptors (Lipinski definition) is 7. The van der Waals surface area contributed by atoms with Crippen molar-refractivity contribution >= 4 is 23.6 Å². The van der Waals surface area contributed by atoms with Gasteiger partial charge < -0.3 is 25.0 Å². The first-order chi connectivity index (χ1) is 11.6. The molecule has 130 valence electrons. The number of nitrogens with zero attached hydrogens (tertiary/aromatic N) is 4. The number of ether oxygens (including phenoxy) is 1. The number of carboxylic acid groups (broad SMARTS) is 1. The molecule has 0 unspecified atom stereocenters. The highest BCUT2D eigenvalue weighted by molar-refractivity contribution is 5.87. The number of likely N-dealkylation sites (tertiary alicyclic amines) is 1. The lowest BCUT2D eigenvalue weighted by Crippen LogP contribution is -2.38. The maximum atomic E-state index is 12.1. The number of rotatable bonds is 5. The number of hydrogen-bond donors (Lipinski definition) is 2. The van der Waals surface area contributed by atoms with Crippen LogP contribution in [0.2, 0.25) is 0 Å². The highest BCUT2D eigenvalue weighted by Gasteiger charge is 2.20. The number of aromatic nitrogens is 2. The first kappa shape index (κ1) is 16.4. The molecule has 2 N–H and O–H groups in total. The molecule has 0 bridgehead atoms. The molecule has 1 amide bonds. The van der Waals surface area contributed by atoms with Gasteiger partial charge in [-0.1, -0.05) is 0 Å². The van der Waals surface area contributed by atoms with Crippen LogP contribution >= 0.6 is 0 Å². The fraction of sp³-hybridized carbons (Fsp3) is 0.600. The molecule has 0 atom stereocenters. The second-order valence-electron chi connectivity index (χ2n) is 5.78. The van der Waals surface area contributed by atoms with Crippen molar-refractivity contribution in [3.05, 3.63) is 11.8 Å². The number of carboxylic acids is 1. The summed E-state index contributed by atoms with van der Waals surface area (Å²) in [7, 11) is 0. The molecule has 3 rings (SSSR count). The summed E-state index contributed by atoms with van der Waals surface area (Å²) in [5, 5.41) is 12.2. The third-order valence-electron chi connectivity index (χ3n) is 4.11. The van der Waals surface area contributed by atoms with Gasteiger partial charge >= 0.3 is 5.97 Å². The highest BCUT2D eigenvalue weighted by Crippen LogP contribution is 2.16. The van der Waals surface area contributed by atoms with E-state index in [1.807, 2.05) is 4.90 Å². The minimum atomic E-state index is -1.12. The van der Waals surface area contributed by atoms with Crippen LogP contribution in [0.3, 0.4) is 0 Å². The topological polar surface area (TPSA) is 108 Å². The van der Waals surface area contributed by atoms with Crippen LogP contribution in [-0.2, 0) is 9.53 Å². The average molecular weight is 335 g/mol. The van der Waals surface area contributed by atoms with E-state index >= 15 is 0 Å². The summed E-state index contributed by atoms with van der Waals surface area (Å²) in [4.78, 5) is 35.5. The van der Waals surface area contributed by atoms with Crippen molar-refractivity contribution in [2.45, 2.75) is 12.8 Å². The van der Waals surface area contributed by atoms with Crippen LogP contribution in [0.5, 0.6) is 0 Å². The van der Waals surface area contributed by atoms with E-state index in [1.54, 1.807) is 4.90 Å². The molecule has 0 radical (unpaired) electrons. The molecule has 0 aromatic carbocycles. The zero-order valence-corrected chi connectivity index (χ0v) is 13.4. The Bertz CT molecular complexity index is 612. The summed E-state index contributed by atoms with van der Waals surface area (Å²) in [5.41, 5.74) is -0.0948. The second-order valence-corrected chi connectivity index (χ2v) is 5.78. The summed E-state index contributed by atoms with van der Waals surface area (Å²) in [6, 6.07) is 1.35. The van der Waals surface area contributed by atoms with Crippen LogP contribution in [0.25, 0.3) is 0 Å². The van der Waals surface area contributed by atoms with Gasteiger partial charge in [-0.25, -0.2) is 9.78 Å². The van der Waals surface area contributed by atoms with E-state index in [0.29, 0.717) is 38.1 Å². The van der Waals surface area contributed by atoms with Crippen molar-refractivity contribution in [3.8, 4) is 0 Å². The molecule has 9 nitrogen and oxygen atoms in total. The molecule has 3 heterocycles. The van der Waals surface area contributed by atoms with Crippen molar-refractivity contribution < 1.29 is 19.4 Å². The van der Waals surface area contributed by atoms with E-state index in [4.69, 9.17) is 4.74 Å². The second kappa shape index (κ2) is 7.43. The molecule has 2 aliphatic rings. The van der Waals surface area contributed by atoms with Crippen LogP contribution in [0.15, 0.2) is 6.07 Å². The van der Waals surface area contributed by atoms with Gasteiger partial charge in [-0.05, 0) is 12.8 Å². The van der Waals surface area contributed by atoms with Crippen molar-refractivity contribution in [1.29, 1.82) is 0 Å². The maximum Gasteiger partial charge on any atom is 0.354 e.